The second kappa shape index (κ2) is 5.09. The molecular formula is C15H13N3OS. The van der Waals surface area contributed by atoms with E-state index in [-0.39, 0.29) is 11.7 Å². The Morgan fingerprint density at radius 1 is 1.20 bits per heavy atom. The topological polar surface area (TPSA) is 55.7 Å². The average molecular weight is 283 g/mol. The molecule has 0 aliphatic carbocycles. The summed E-state index contributed by atoms with van der Waals surface area (Å²) in [6.07, 6.45) is 3.38. The lowest BCUT2D eigenvalue weighted by atomic mass is 10.0. The van der Waals surface area contributed by atoms with Crippen LogP contribution in [0.25, 0.3) is 10.8 Å². The molecule has 0 aliphatic heterocycles. The Bertz CT molecular complexity index is 774. The predicted octanol–water partition coefficient (Wildman–Crippen LogP) is 3.44. The van der Waals surface area contributed by atoms with E-state index in [1.165, 1.54) is 0 Å². The lowest BCUT2D eigenvalue weighted by Crippen LogP contribution is -2.05. The van der Waals surface area contributed by atoms with Gasteiger partial charge in [0.15, 0.2) is 0 Å². The number of pyridine rings is 1. The molecule has 0 unspecified atom stereocenters. The average Bonchev–Trinajstić information content (AvgIpc) is 2.95. The molecule has 0 spiro atoms. The monoisotopic (exact) mass is 283 g/mol. The molecule has 3 rings (SSSR count). The summed E-state index contributed by atoms with van der Waals surface area (Å²) < 4.78 is 3.92. The van der Waals surface area contributed by atoms with Crippen LogP contribution in [0.5, 0.6) is 0 Å². The van der Waals surface area contributed by atoms with Crippen LogP contribution >= 0.6 is 11.5 Å². The number of hydrogen-bond acceptors (Lipinski definition) is 5. The van der Waals surface area contributed by atoms with Crippen LogP contribution in [-0.4, -0.2) is 20.4 Å². The van der Waals surface area contributed by atoms with Crippen molar-refractivity contribution in [1.82, 2.24) is 14.6 Å². The molecule has 2 heterocycles. The van der Waals surface area contributed by atoms with E-state index in [2.05, 4.69) is 14.6 Å². The molecule has 0 saturated carbocycles. The maximum atomic E-state index is 12.7. The van der Waals surface area contributed by atoms with Crippen molar-refractivity contribution in [3.05, 3.63) is 52.8 Å². The van der Waals surface area contributed by atoms with Gasteiger partial charge in [-0.2, -0.15) is 0 Å². The van der Waals surface area contributed by atoms with Crippen molar-refractivity contribution in [2.75, 3.05) is 0 Å². The number of nitrogens with zero attached hydrogens (tertiary/aromatic N) is 3. The Kier molecular flexibility index (Phi) is 3.28. The Balaban J connectivity index is 2.16. The zero-order valence-electron chi connectivity index (χ0n) is 11.2. The molecule has 0 bridgehead atoms. The normalized spacial score (nSPS) is 11.2. The number of ketones is 1. The highest BCUT2D eigenvalue weighted by Crippen LogP contribution is 2.26. The van der Waals surface area contributed by atoms with Gasteiger partial charge in [-0.05, 0) is 22.8 Å². The van der Waals surface area contributed by atoms with Crippen LogP contribution in [0.1, 0.15) is 40.7 Å². The van der Waals surface area contributed by atoms with E-state index in [1.807, 2.05) is 38.1 Å². The fourth-order valence-electron chi connectivity index (χ4n) is 2.15. The minimum Gasteiger partial charge on any atom is -0.287 e. The molecule has 100 valence electrons. The van der Waals surface area contributed by atoms with Gasteiger partial charge in [0.25, 0.3) is 0 Å². The zero-order valence-corrected chi connectivity index (χ0v) is 12.0. The van der Waals surface area contributed by atoms with Crippen molar-refractivity contribution in [3.8, 4) is 0 Å². The molecular weight excluding hydrogens is 270 g/mol. The number of aromatic nitrogens is 3. The van der Waals surface area contributed by atoms with Gasteiger partial charge in [-0.3, -0.25) is 9.78 Å². The molecule has 0 radical (unpaired) electrons. The van der Waals surface area contributed by atoms with Gasteiger partial charge in [0, 0.05) is 23.3 Å². The first-order chi connectivity index (χ1) is 9.68. The highest BCUT2D eigenvalue weighted by atomic mass is 32.1. The molecule has 3 aromatic rings. The van der Waals surface area contributed by atoms with Crippen molar-refractivity contribution in [1.29, 1.82) is 0 Å². The molecule has 0 fully saturated rings. The third kappa shape index (κ3) is 2.10. The first-order valence-corrected chi connectivity index (χ1v) is 7.15. The number of fused-ring (bicyclic) bond motifs is 1. The maximum absolute atomic E-state index is 12.7. The summed E-state index contributed by atoms with van der Waals surface area (Å²) in [5, 5.41) is 5.94. The van der Waals surface area contributed by atoms with Gasteiger partial charge in [-0.25, -0.2) is 0 Å². The summed E-state index contributed by atoms with van der Waals surface area (Å²) in [6.45, 7) is 4.02. The Hall–Kier alpha value is -2.14. The summed E-state index contributed by atoms with van der Waals surface area (Å²) in [4.78, 5) is 17.5. The second-order valence-corrected chi connectivity index (χ2v) is 5.63. The van der Waals surface area contributed by atoms with Crippen molar-refractivity contribution in [3.63, 3.8) is 0 Å². The van der Waals surface area contributed by atoms with Crippen LogP contribution in [0.2, 0.25) is 0 Å². The Morgan fingerprint density at radius 2 is 2.00 bits per heavy atom. The van der Waals surface area contributed by atoms with E-state index in [4.69, 9.17) is 0 Å². The predicted molar refractivity (Wildman–Crippen MR) is 79.2 cm³/mol. The lowest BCUT2D eigenvalue weighted by Gasteiger charge is -2.06. The van der Waals surface area contributed by atoms with Gasteiger partial charge < -0.3 is 0 Å². The molecule has 2 aromatic heterocycles. The van der Waals surface area contributed by atoms with E-state index in [0.717, 1.165) is 28.0 Å². The molecule has 0 atom stereocenters. The number of benzene rings is 1. The van der Waals surface area contributed by atoms with Crippen LogP contribution in [0.4, 0.5) is 0 Å². The van der Waals surface area contributed by atoms with Crippen LogP contribution in [0.15, 0.2) is 36.7 Å². The van der Waals surface area contributed by atoms with Gasteiger partial charge in [0.1, 0.15) is 4.88 Å². The highest BCUT2D eigenvalue weighted by molar-refractivity contribution is 7.08. The zero-order chi connectivity index (χ0) is 14.1. The fraction of sp³-hybridized carbons (Fsp3) is 0.200. The third-order valence-electron chi connectivity index (χ3n) is 3.18. The van der Waals surface area contributed by atoms with Crippen LogP contribution in [-0.2, 0) is 0 Å². The minimum atomic E-state index is -0.0481. The SMILES string of the molecule is CC(C)c1nnsc1C(=O)c1cncc2ccccc12. The molecule has 1 aromatic carbocycles. The minimum absolute atomic E-state index is 0.0481. The van der Waals surface area contributed by atoms with Gasteiger partial charge in [0.2, 0.25) is 5.78 Å². The number of rotatable bonds is 3. The van der Waals surface area contributed by atoms with Gasteiger partial charge in [0.05, 0.1) is 5.69 Å². The maximum Gasteiger partial charge on any atom is 0.208 e. The third-order valence-corrected chi connectivity index (χ3v) is 3.92. The highest BCUT2D eigenvalue weighted by Gasteiger charge is 2.21. The fourth-order valence-corrected chi connectivity index (χ4v) is 2.93. The summed E-state index contributed by atoms with van der Waals surface area (Å²) in [5.74, 6) is 0.128. The molecule has 20 heavy (non-hydrogen) atoms. The molecule has 0 N–H and O–H groups in total. The van der Waals surface area contributed by atoms with Crippen molar-refractivity contribution >= 4 is 28.1 Å². The largest absolute Gasteiger partial charge is 0.287 e. The van der Waals surface area contributed by atoms with Crippen LogP contribution in [0.3, 0.4) is 0 Å². The van der Waals surface area contributed by atoms with Crippen LogP contribution in [0, 0.1) is 0 Å². The second-order valence-electron chi connectivity index (χ2n) is 4.88. The summed E-state index contributed by atoms with van der Waals surface area (Å²) in [7, 11) is 0. The molecule has 0 aliphatic rings. The molecule has 5 heteroatoms. The smallest absolute Gasteiger partial charge is 0.208 e. The first-order valence-electron chi connectivity index (χ1n) is 6.38. The van der Waals surface area contributed by atoms with Gasteiger partial charge >= 0.3 is 0 Å². The van der Waals surface area contributed by atoms with Crippen molar-refractivity contribution in [2.24, 2.45) is 0 Å². The Morgan fingerprint density at radius 3 is 2.80 bits per heavy atom. The number of hydrogen-bond donors (Lipinski definition) is 0. The molecule has 0 amide bonds. The van der Waals surface area contributed by atoms with Crippen LogP contribution < -0.4 is 0 Å². The van der Waals surface area contributed by atoms with Crippen molar-refractivity contribution in [2.45, 2.75) is 19.8 Å². The van der Waals surface area contributed by atoms with Crippen molar-refractivity contribution < 1.29 is 4.79 Å². The van der Waals surface area contributed by atoms with Gasteiger partial charge in [-0.1, -0.05) is 42.6 Å². The van der Waals surface area contributed by atoms with E-state index in [0.29, 0.717) is 10.4 Å². The van der Waals surface area contributed by atoms with E-state index >= 15 is 0 Å². The van der Waals surface area contributed by atoms with E-state index in [9.17, 15) is 4.79 Å². The first kappa shape index (κ1) is 12.9. The summed E-state index contributed by atoms with van der Waals surface area (Å²) in [6, 6.07) is 7.75. The quantitative estimate of drug-likeness (QED) is 0.691. The van der Waals surface area contributed by atoms with E-state index in [1.54, 1.807) is 12.4 Å². The standard InChI is InChI=1S/C15H13N3OS/c1-9(2)13-15(20-18-17-13)14(19)12-8-16-7-10-5-3-4-6-11(10)12/h3-9H,1-2H3. The van der Waals surface area contributed by atoms with Gasteiger partial charge in [-0.15, -0.1) is 5.10 Å². The molecule has 0 saturated heterocycles. The summed E-state index contributed by atoms with van der Waals surface area (Å²) >= 11 is 1.15. The Labute approximate surface area is 120 Å². The van der Waals surface area contributed by atoms with E-state index < -0.39 is 0 Å². The lowest BCUT2D eigenvalue weighted by molar-refractivity contribution is 0.104. The summed E-state index contributed by atoms with van der Waals surface area (Å²) in [5.41, 5.74) is 1.36. The number of carbonyl (C=O) groups excluding carboxylic acids is 1. The number of carbonyl (C=O) groups is 1. The molecule has 4 nitrogen and oxygen atoms in total.